The van der Waals surface area contributed by atoms with Gasteiger partial charge in [0.1, 0.15) is 5.69 Å². The summed E-state index contributed by atoms with van der Waals surface area (Å²) in [4.78, 5) is 26.2. The van der Waals surface area contributed by atoms with Gasteiger partial charge in [0.2, 0.25) is 0 Å². The van der Waals surface area contributed by atoms with Crippen molar-refractivity contribution in [2.45, 2.75) is 32.7 Å². The SMILES string of the molecule is CCC(C)(C)NC(=O)c1ccc(C(=O)O)cn1. The van der Waals surface area contributed by atoms with E-state index in [1.54, 1.807) is 0 Å². The van der Waals surface area contributed by atoms with Crippen LogP contribution in [-0.4, -0.2) is 27.5 Å². The summed E-state index contributed by atoms with van der Waals surface area (Å²) >= 11 is 0. The van der Waals surface area contributed by atoms with Crippen molar-refractivity contribution >= 4 is 11.9 Å². The molecule has 0 unspecified atom stereocenters. The maximum Gasteiger partial charge on any atom is 0.337 e. The Morgan fingerprint density at radius 3 is 2.47 bits per heavy atom. The molecule has 1 amide bonds. The predicted octanol–water partition coefficient (Wildman–Crippen LogP) is 1.70. The Hall–Kier alpha value is -1.91. The van der Waals surface area contributed by atoms with E-state index < -0.39 is 5.97 Å². The number of nitrogens with one attached hydrogen (secondary N) is 1. The summed E-state index contributed by atoms with van der Waals surface area (Å²) < 4.78 is 0. The molecule has 0 aliphatic carbocycles. The highest BCUT2D eigenvalue weighted by Crippen LogP contribution is 2.08. The first-order chi connectivity index (χ1) is 7.85. The Labute approximate surface area is 99.9 Å². The average Bonchev–Trinajstić information content (AvgIpc) is 2.28. The molecule has 0 radical (unpaired) electrons. The largest absolute Gasteiger partial charge is 0.478 e. The molecule has 1 aromatic rings. The lowest BCUT2D eigenvalue weighted by molar-refractivity contribution is 0.0695. The number of hydrogen-bond acceptors (Lipinski definition) is 3. The van der Waals surface area contributed by atoms with E-state index in [0.717, 1.165) is 6.42 Å². The molecule has 2 N–H and O–H groups in total. The van der Waals surface area contributed by atoms with Gasteiger partial charge in [0.25, 0.3) is 5.91 Å². The van der Waals surface area contributed by atoms with E-state index >= 15 is 0 Å². The normalized spacial score (nSPS) is 11.0. The highest BCUT2D eigenvalue weighted by atomic mass is 16.4. The van der Waals surface area contributed by atoms with Gasteiger partial charge >= 0.3 is 5.97 Å². The van der Waals surface area contributed by atoms with Crippen LogP contribution in [0.25, 0.3) is 0 Å². The van der Waals surface area contributed by atoms with Gasteiger partial charge in [-0.2, -0.15) is 0 Å². The van der Waals surface area contributed by atoms with Crippen molar-refractivity contribution in [2.24, 2.45) is 0 Å². The van der Waals surface area contributed by atoms with Gasteiger partial charge in [0.15, 0.2) is 0 Å². The van der Waals surface area contributed by atoms with Crippen LogP contribution < -0.4 is 5.32 Å². The van der Waals surface area contributed by atoms with Crippen LogP contribution in [0.5, 0.6) is 0 Å². The number of carboxylic acid groups (broad SMARTS) is 1. The summed E-state index contributed by atoms with van der Waals surface area (Å²) in [7, 11) is 0. The van der Waals surface area contributed by atoms with Crippen molar-refractivity contribution in [1.29, 1.82) is 0 Å². The average molecular weight is 236 g/mol. The second-order valence-electron chi connectivity index (χ2n) is 4.43. The molecular weight excluding hydrogens is 220 g/mol. The van der Waals surface area contributed by atoms with Crippen molar-refractivity contribution < 1.29 is 14.7 Å². The Bertz CT molecular complexity index is 424. The number of nitrogens with zero attached hydrogens (tertiary/aromatic N) is 1. The van der Waals surface area contributed by atoms with Gasteiger partial charge in [-0.1, -0.05) is 6.92 Å². The molecule has 1 aromatic heterocycles. The first-order valence-corrected chi connectivity index (χ1v) is 5.37. The molecule has 0 aliphatic rings. The second-order valence-corrected chi connectivity index (χ2v) is 4.43. The summed E-state index contributed by atoms with van der Waals surface area (Å²) in [5.41, 5.74) is -0.0163. The van der Waals surface area contributed by atoms with Gasteiger partial charge in [-0.25, -0.2) is 4.79 Å². The summed E-state index contributed by atoms with van der Waals surface area (Å²) in [5.74, 6) is -1.35. The summed E-state index contributed by atoms with van der Waals surface area (Å²) in [6.45, 7) is 5.80. The smallest absolute Gasteiger partial charge is 0.337 e. The monoisotopic (exact) mass is 236 g/mol. The minimum absolute atomic E-state index is 0.0660. The Morgan fingerprint density at radius 2 is 2.06 bits per heavy atom. The number of carbonyl (C=O) groups excluding carboxylic acids is 1. The van der Waals surface area contributed by atoms with Crippen LogP contribution in [0.2, 0.25) is 0 Å². The third-order valence-electron chi connectivity index (χ3n) is 2.58. The molecule has 0 spiro atoms. The van der Waals surface area contributed by atoms with Crippen molar-refractivity contribution in [3.05, 3.63) is 29.6 Å². The van der Waals surface area contributed by atoms with Gasteiger partial charge < -0.3 is 10.4 Å². The van der Waals surface area contributed by atoms with Gasteiger partial charge in [0.05, 0.1) is 5.56 Å². The molecule has 5 nitrogen and oxygen atoms in total. The van der Waals surface area contributed by atoms with Gasteiger partial charge in [-0.05, 0) is 32.4 Å². The third-order valence-corrected chi connectivity index (χ3v) is 2.58. The van der Waals surface area contributed by atoms with Crippen LogP contribution in [-0.2, 0) is 0 Å². The molecule has 0 saturated heterocycles. The van der Waals surface area contributed by atoms with E-state index in [0.29, 0.717) is 0 Å². The van der Waals surface area contributed by atoms with Crippen LogP contribution in [0, 0.1) is 0 Å². The zero-order chi connectivity index (χ0) is 13.1. The Morgan fingerprint density at radius 1 is 1.41 bits per heavy atom. The molecule has 92 valence electrons. The van der Waals surface area contributed by atoms with E-state index in [-0.39, 0.29) is 22.7 Å². The lowest BCUT2D eigenvalue weighted by atomic mass is 10.0. The quantitative estimate of drug-likeness (QED) is 0.833. The molecule has 0 bridgehead atoms. The van der Waals surface area contributed by atoms with Crippen molar-refractivity contribution in [2.75, 3.05) is 0 Å². The highest BCUT2D eigenvalue weighted by molar-refractivity contribution is 5.94. The zero-order valence-electron chi connectivity index (χ0n) is 10.2. The molecule has 17 heavy (non-hydrogen) atoms. The topological polar surface area (TPSA) is 79.3 Å². The van der Waals surface area contributed by atoms with Gasteiger partial charge in [-0.15, -0.1) is 0 Å². The molecule has 1 rings (SSSR count). The van der Waals surface area contributed by atoms with Gasteiger partial charge in [-0.3, -0.25) is 9.78 Å². The summed E-state index contributed by atoms with van der Waals surface area (Å²) in [5, 5.41) is 11.5. The number of pyridine rings is 1. The number of aromatic carboxylic acids is 1. The lowest BCUT2D eigenvalue weighted by Crippen LogP contribution is -2.43. The maximum absolute atomic E-state index is 11.8. The number of rotatable bonds is 4. The minimum Gasteiger partial charge on any atom is -0.478 e. The molecule has 5 heteroatoms. The fraction of sp³-hybridized carbons (Fsp3) is 0.417. The lowest BCUT2D eigenvalue weighted by Gasteiger charge is -2.24. The Balaban J connectivity index is 2.80. The number of carbonyl (C=O) groups is 2. The fourth-order valence-electron chi connectivity index (χ4n) is 1.11. The molecule has 0 aromatic carbocycles. The van der Waals surface area contributed by atoms with Crippen LogP contribution >= 0.6 is 0 Å². The standard InChI is InChI=1S/C12H16N2O3/c1-4-12(2,3)14-10(15)9-6-5-8(7-13-9)11(16)17/h5-7H,4H2,1-3H3,(H,14,15)(H,16,17). The molecule has 0 aliphatic heterocycles. The first-order valence-electron chi connectivity index (χ1n) is 5.37. The summed E-state index contributed by atoms with van der Waals surface area (Å²) in [6.07, 6.45) is 1.97. The van der Waals surface area contributed by atoms with E-state index in [4.69, 9.17) is 5.11 Å². The number of amides is 1. The number of carboxylic acids is 1. The predicted molar refractivity (Wildman–Crippen MR) is 63.0 cm³/mol. The van der Waals surface area contributed by atoms with Crippen molar-refractivity contribution in [3.8, 4) is 0 Å². The third kappa shape index (κ3) is 3.55. The van der Waals surface area contributed by atoms with Gasteiger partial charge in [0, 0.05) is 11.7 Å². The zero-order valence-corrected chi connectivity index (χ0v) is 10.2. The molecule has 1 heterocycles. The maximum atomic E-state index is 11.8. The van der Waals surface area contributed by atoms with Crippen LogP contribution in [0.1, 0.15) is 48.0 Å². The van der Waals surface area contributed by atoms with Crippen molar-refractivity contribution in [1.82, 2.24) is 10.3 Å². The fourth-order valence-corrected chi connectivity index (χ4v) is 1.11. The number of aromatic nitrogens is 1. The van der Waals surface area contributed by atoms with E-state index in [2.05, 4.69) is 10.3 Å². The summed E-state index contributed by atoms with van der Waals surface area (Å²) in [6, 6.07) is 2.77. The number of hydrogen-bond donors (Lipinski definition) is 2. The second kappa shape index (κ2) is 4.95. The highest BCUT2D eigenvalue weighted by Gasteiger charge is 2.19. The van der Waals surface area contributed by atoms with E-state index in [9.17, 15) is 9.59 Å². The van der Waals surface area contributed by atoms with Crippen LogP contribution in [0.15, 0.2) is 18.3 Å². The van der Waals surface area contributed by atoms with E-state index in [1.807, 2.05) is 20.8 Å². The van der Waals surface area contributed by atoms with Crippen molar-refractivity contribution in [3.63, 3.8) is 0 Å². The van der Waals surface area contributed by atoms with Crippen LogP contribution in [0.3, 0.4) is 0 Å². The van der Waals surface area contributed by atoms with E-state index in [1.165, 1.54) is 18.3 Å². The Kier molecular flexibility index (Phi) is 3.83. The molecule has 0 atom stereocenters. The molecule has 0 fully saturated rings. The molecular formula is C12H16N2O3. The van der Waals surface area contributed by atoms with Crippen LogP contribution in [0.4, 0.5) is 0 Å². The minimum atomic E-state index is -1.06. The first kappa shape index (κ1) is 13.2. The molecule has 0 saturated carbocycles.